The summed E-state index contributed by atoms with van der Waals surface area (Å²) < 4.78 is 16.1. The summed E-state index contributed by atoms with van der Waals surface area (Å²) in [4.78, 5) is 20.5. The number of aromatic carboxylic acids is 1. The van der Waals surface area contributed by atoms with E-state index in [1.807, 2.05) is 0 Å². The molecule has 0 aliphatic heterocycles. The minimum atomic E-state index is -1.40. The number of carboxylic acids is 1. The topological polar surface area (TPSA) is 115 Å². The predicted octanol–water partition coefficient (Wildman–Crippen LogP) is 1.87. The van der Waals surface area contributed by atoms with Crippen molar-refractivity contribution >= 4 is 12.0 Å². The molecule has 0 aliphatic rings. The summed E-state index contributed by atoms with van der Waals surface area (Å²) in [5.41, 5.74) is 0.583. The first-order valence-corrected chi connectivity index (χ1v) is 7.01. The number of nitrogens with zero attached hydrogens (tertiary/aromatic N) is 1. The Labute approximate surface area is 137 Å². The van der Waals surface area contributed by atoms with Gasteiger partial charge in [-0.3, -0.25) is 10.1 Å². The van der Waals surface area contributed by atoms with E-state index < -0.39 is 10.9 Å². The van der Waals surface area contributed by atoms with Crippen LogP contribution < -0.4 is 14.6 Å². The normalized spacial score (nSPS) is 10.7. The van der Waals surface area contributed by atoms with Crippen molar-refractivity contribution in [2.24, 2.45) is 0 Å². The van der Waals surface area contributed by atoms with Crippen molar-refractivity contribution in [3.8, 4) is 11.5 Å². The molecule has 0 spiro atoms. The molecule has 1 heterocycles. The molecule has 0 fully saturated rings. The van der Waals surface area contributed by atoms with E-state index in [1.165, 1.54) is 18.2 Å². The zero-order chi connectivity index (χ0) is 17.5. The fraction of sp³-hybridized carbons (Fsp3) is 0.188. The summed E-state index contributed by atoms with van der Waals surface area (Å²) in [6.07, 6.45) is 2.17. The van der Waals surface area contributed by atoms with Crippen LogP contribution in [0.2, 0.25) is 0 Å². The van der Waals surface area contributed by atoms with E-state index in [0.29, 0.717) is 29.4 Å². The molecule has 0 N–H and O–H groups in total. The van der Waals surface area contributed by atoms with Gasteiger partial charge in [0.05, 0.1) is 11.5 Å². The average molecular weight is 332 g/mol. The lowest BCUT2D eigenvalue weighted by atomic mass is 10.2. The van der Waals surface area contributed by atoms with Crippen molar-refractivity contribution in [3.05, 3.63) is 63.7 Å². The molecule has 2 rings (SSSR count). The molecule has 2 aromatic rings. The maximum absolute atomic E-state index is 10.7. The predicted molar refractivity (Wildman–Crippen MR) is 81.0 cm³/mol. The number of carbonyl (C=O) groups is 1. The van der Waals surface area contributed by atoms with Crippen LogP contribution in [0.15, 0.2) is 40.9 Å². The maximum atomic E-state index is 10.7. The number of carbonyl (C=O) groups excluding carboxylic acids is 1. The smallest absolute Gasteiger partial charge is 0.235 e. The lowest BCUT2D eigenvalue weighted by Crippen LogP contribution is -2.21. The largest absolute Gasteiger partial charge is 0.542 e. The Kier molecular flexibility index (Phi) is 5.56. The number of rotatable bonds is 8. The van der Waals surface area contributed by atoms with Crippen LogP contribution in [-0.4, -0.2) is 17.5 Å². The summed E-state index contributed by atoms with van der Waals surface area (Å²) in [6.45, 7) is 2.17. The number of ether oxygens (including phenoxy) is 2. The van der Waals surface area contributed by atoms with Gasteiger partial charge in [-0.25, -0.2) is 0 Å². The number of hydrogen-bond acceptors (Lipinski definition) is 7. The summed E-state index contributed by atoms with van der Waals surface area (Å²) in [5.74, 6) is -0.553. The molecule has 0 amide bonds. The fourth-order valence-corrected chi connectivity index (χ4v) is 1.88. The lowest BCUT2D eigenvalue weighted by molar-refractivity contribution is -0.400. The van der Waals surface area contributed by atoms with Crippen LogP contribution in [0.1, 0.15) is 28.8 Å². The molecule has 0 bridgehead atoms. The van der Waals surface area contributed by atoms with Gasteiger partial charge in [0.2, 0.25) is 6.20 Å². The highest BCUT2D eigenvalue weighted by atomic mass is 16.6. The Balaban J connectivity index is 2.12. The van der Waals surface area contributed by atoms with Gasteiger partial charge >= 0.3 is 0 Å². The quantitative estimate of drug-likeness (QED) is 0.535. The summed E-state index contributed by atoms with van der Waals surface area (Å²) in [7, 11) is 0. The molecule has 24 heavy (non-hydrogen) atoms. The molecular weight excluding hydrogens is 318 g/mol. The van der Waals surface area contributed by atoms with Gasteiger partial charge in [-0.1, -0.05) is 6.07 Å². The first-order chi connectivity index (χ1) is 11.5. The van der Waals surface area contributed by atoms with E-state index in [2.05, 4.69) is 0 Å². The molecule has 126 valence electrons. The number of furan rings is 1. The third-order valence-corrected chi connectivity index (χ3v) is 2.89. The van der Waals surface area contributed by atoms with Gasteiger partial charge in [0, 0.05) is 6.08 Å². The highest BCUT2D eigenvalue weighted by molar-refractivity contribution is 5.82. The van der Waals surface area contributed by atoms with Crippen LogP contribution in [0, 0.1) is 10.1 Å². The third kappa shape index (κ3) is 4.60. The van der Waals surface area contributed by atoms with E-state index in [-0.39, 0.29) is 12.4 Å². The highest BCUT2D eigenvalue weighted by Crippen LogP contribution is 2.30. The molecule has 8 heteroatoms. The van der Waals surface area contributed by atoms with Gasteiger partial charge in [-0.05, 0) is 36.8 Å². The fourth-order valence-electron chi connectivity index (χ4n) is 1.88. The molecule has 1 aromatic carbocycles. The molecule has 0 atom stereocenters. The minimum absolute atomic E-state index is 0.00254. The molecule has 0 saturated heterocycles. The second-order valence-electron chi connectivity index (χ2n) is 4.58. The summed E-state index contributed by atoms with van der Waals surface area (Å²) in [6, 6.07) is 7.59. The van der Waals surface area contributed by atoms with Crippen LogP contribution in [-0.2, 0) is 6.61 Å². The van der Waals surface area contributed by atoms with Crippen molar-refractivity contribution < 1.29 is 28.7 Å². The SMILES string of the molecule is CCOc1cc(/C=C\[N+](=O)[O-])ccc1OCc1ccc(C(=O)[O-])o1. The van der Waals surface area contributed by atoms with Gasteiger partial charge < -0.3 is 23.8 Å². The molecule has 0 radical (unpaired) electrons. The number of benzene rings is 1. The molecule has 0 aliphatic carbocycles. The Morgan fingerprint density at radius 1 is 1.25 bits per heavy atom. The number of nitro groups is 1. The summed E-state index contributed by atoms with van der Waals surface area (Å²) >= 11 is 0. The first kappa shape index (κ1) is 17.1. The van der Waals surface area contributed by atoms with Crippen molar-refractivity contribution in [1.82, 2.24) is 0 Å². The van der Waals surface area contributed by atoms with Crippen molar-refractivity contribution in [1.29, 1.82) is 0 Å². The van der Waals surface area contributed by atoms with Gasteiger partial charge in [0.1, 0.15) is 24.1 Å². The first-order valence-electron chi connectivity index (χ1n) is 7.01. The number of hydrogen-bond donors (Lipinski definition) is 0. The molecule has 0 unspecified atom stereocenters. The second kappa shape index (κ2) is 7.82. The van der Waals surface area contributed by atoms with Gasteiger partial charge in [0.15, 0.2) is 11.5 Å². The van der Waals surface area contributed by atoms with Crippen LogP contribution in [0.25, 0.3) is 6.08 Å². The molecule has 0 saturated carbocycles. The molecule has 8 nitrogen and oxygen atoms in total. The second-order valence-corrected chi connectivity index (χ2v) is 4.58. The Hall–Kier alpha value is -3.29. The van der Waals surface area contributed by atoms with E-state index in [9.17, 15) is 20.0 Å². The van der Waals surface area contributed by atoms with Crippen molar-refractivity contribution in [2.75, 3.05) is 6.61 Å². The molecule has 1 aromatic heterocycles. The van der Waals surface area contributed by atoms with Crippen LogP contribution in [0.4, 0.5) is 0 Å². The third-order valence-electron chi connectivity index (χ3n) is 2.89. The van der Waals surface area contributed by atoms with Crippen LogP contribution >= 0.6 is 0 Å². The van der Waals surface area contributed by atoms with Crippen LogP contribution in [0.5, 0.6) is 11.5 Å². The number of carboxylic acid groups (broad SMARTS) is 1. The standard InChI is InChI=1S/C16H15NO7/c1-2-22-15-9-11(7-8-17(20)21)3-5-13(15)23-10-12-4-6-14(24-12)16(18)19/h3-9H,2,10H2,1H3,(H,18,19)/p-1/b8-7-. The minimum Gasteiger partial charge on any atom is -0.542 e. The van der Waals surface area contributed by atoms with Crippen LogP contribution in [0.3, 0.4) is 0 Å². The molecular formula is C16H14NO7-. The Morgan fingerprint density at radius 3 is 2.67 bits per heavy atom. The van der Waals surface area contributed by atoms with E-state index >= 15 is 0 Å². The van der Waals surface area contributed by atoms with E-state index in [0.717, 1.165) is 6.20 Å². The van der Waals surface area contributed by atoms with Gasteiger partial charge in [-0.2, -0.15) is 0 Å². The highest BCUT2D eigenvalue weighted by Gasteiger charge is 2.09. The maximum Gasteiger partial charge on any atom is 0.235 e. The zero-order valence-corrected chi connectivity index (χ0v) is 12.8. The monoisotopic (exact) mass is 332 g/mol. The van der Waals surface area contributed by atoms with Crippen molar-refractivity contribution in [2.45, 2.75) is 13.5 Å². The lowest BCUT2D eigenvalue weighted by Gasteiger charge is -2.11. The van der Waals surface area contributed by atoms with Crippen molar-refractivity contribution in [3.63, 3.8) is 0 Å². The zero-order valence-electron chi connectivity index (χ0n) is 12.8. The Bertz CT molecular complexity index is 764. The Morgan fingerprint density at radius 2 is 2.04 bits per heavy atom. The van der Waals surface area contributed by atoms with E-state index in [4.69, 9.17) is 13.9 Å². The van der Waals surface area contributed by atoms with Gasteiger partial charge in [-0.15, -0.1) is 0 Å². The summed E-state index contributed by atoms with van der Waals surface area (Å²) in [5, 5.41) is 21.0. The average Bonchev–Trinajstić information content (AvgIpc) is 3.01. The van der Waals surface area contributed by atoms with Gasteiger partial charge in [0.25, 0.3) is 0 Å². The van der Waals surface area contributed by atoms with E-state index in [1.54, 1.807) is 25.1 Å².